The predicted octanol–water partition coefficient (Wildman–Crippen LogP) is 2.98. The molecule has 0 atom stereocenters. The normalized spacial score (nSPS) is 17.5. The van der Waals surface area contributed by atoms with E-state index in [4.69, 9.17) is 4.74 Å². The lowest BCUT2D eigenvalue weighted by Crippen LogP contribution is -2.45. The van der Waals surface area contributed by atoms with E-state index in [0.29, 0.717) is 43.7 Å². The molecule has 0 unspecified atom stereocenters. The zero-order valence-corrected chi connectivity index (χ0v) is 17.4. The van der Waals surface area contributed by atoms with Gasteiger partial charge >= 0.3 is 0 Å². The summed E-state index contributed by atoms with van der Waals surface area (Å²) >= 11 is 0. The summed E-state index contributed by atoms with van der Waals surface area (Å²) in [6, 6.07) is 11.6. The number of halogens is 1. The molecule has 2 aromatic carbocycles. The average Bonchev–Trinajstić information content (AvgIpc) is 3.00. The summed E-state index contributed by atoms with van der Waals surface area (Å²) < 4.78 is 19.3. The third-order valence-corrected chi connectivity index (χ3v) is 6.20. The third-order valence-electron chi connectivity index (χ3n) is 6.20. The van der Waals surface area contributed by atoms with Crippen LogP contribution in [-0.2, 0) is 14.9 Å². The molecule has 0 aliphatic carbocycles. The first-order chi connectivity index (χ1) is 14.9. The first-order valence-electron chi connectivity index (χ1n) is 10.5. The van der Waals surface area contributed by atoms with Crippen molar-refractivity contribution in [3.05, 3.63) is 70.5 Å². The van der Waals surface area contributed by atoms with Crippen LogP contribution in [0, 0.1) is 12.7 Å². The second kappa shape index (κ2) is 8.59. The Morgan fingerprint density at radius 2 is 1.84 bits per heavy atom. The Labute approximate surface area is 180 Å². The Kier molecular flexibility index (Phi) is 5.87. The van der Waals surface area contributed by atoms with Crippen LogP contribution in [0.2, 0.25) is 0 Å². The fraction of sp³-hybridized carbons (Fsp3) is 0.375. The molecule has 0 aromatic heterocycles. The third kappa shape index (κ3) is 4.23. The van der Waals surface area contributed by atoms with Crippen LogP contribution in [-0.4, -0.2) is 48.9 Å². The number of benzene rings is 2. The highest BCUT2D eigenvalue weighted by molar-refractivity contribution is 6.21. The standard InChI is InChI=1S/C24H25FN2O4/c1-16-5-6-19-20(13-16)23(30)27(22(19)29)10-7-21(28)26-15-24(8-11-31-12-9-24)17-3-2-4-18(25)14-17/h2-6,13-14H,7-12,15H2,1H3,(H,26,28). The summed E-state index contributed by atoms with van der Waals surface area (Å²) in [5.74, 6) is -1.30. The predicted molar refractivity (Wildman–Crippen MR) is 112 cm³/mol. The minimum atomic E-state index is -0.400. The second-order valence-electron chi connectivity index (χ2n) is 8.24. The van der Waals surface area contributed by atoms with Gasteiger partial charge in [0.25, 0.3) is 11.8 Å². The molecule has 6 nitrogen and oxygen atoms in total. The molecule has 2 heterocycles. The number of hydrogen-bond acceptors (Lipinski definition) is 4. The molecular weight excluding hydrogens is 399 g/mol. The maximum atomic E-state index is 13.8. The lowest BCUT2D eigenvalue weighted by molar-refractivity contribution is -0.121. The molecular formula is C24H25FN2O4. The Balaban J connectivity index is 1.38. The zero-order chi connectivity index (χ0) is 22.0. The molecule has 1 saturated heterocycles. The molecule has 0 radical (unpaired) electrons. The largest absolute Gasteiger partial charge is 0.381 e. The van der Waals surface area contributed by atoms with Crippen molar-refractivity contribution in [3.8, 4) is 0 Å². The lowest BCUT2D eigenvalue weighted by atomic mass is 9.74. The first kappa shape index (κ1) is 21.2. The van der Waals surface area contributed by atoms with E-state index in [1.165, 1.54) is 12.1 Å². The van der Waals surface area contributed by atoms with Crippen molar-refractivity contribution in [1.82, 2.24) is 10.2 Å². The number of amides is 3. The van der Waals surface area contributed by atoms with Gasteiger partial charge in [0, 0.05) is 38.1 Å². The number of nitrogens with one attached hydrogen (secondary N) is 1. The van der Waals surface area contributed by atoms with Gasteiger partial charge in [0.1, 0.15) is 5.82 Å². The molecule has 2 aliphatic rings. The number of carbonyl (C=O) groups is 3. The zero-order valence-electron chi connectivity index (χ0n) is 17.4. The van der Waals surface area contributed by atoms with Crippen LogP contribution >= 0.6 is 0 Å². The molecule has 162 valence electrons. The molecule has 7 heteroatoms. The average molecular weight is 424 g/mol. The molecule has 1 N–H and O–H groups in total. The van der Waals surface area contributed by atoms with Crippen molar-refractivity contribution >= 4 is 17.7 Å². The molecule has 4 rings (SSSR count). The molecule has 2 aromatic rings. The van der Waals surface area contributed by atoms with E-state index in [1.807, 2.05) is 13.0 Å². The fourth-order valence-corrected chi connectivity index (χ4v) is 4.33. The van der Waals surface area contributed by atoms with Crippen molar-refractivity contribution in [2.75, 3.05) is 26.3 Å². The second-order valence-corrected chi connectivity index (χ2v) is 8.24. The van der Waals surface area contributed by atoms with Gasteiger partial charge < -0.3 is 10.1 Å². The van der Waals surface area contributed by atoms with E-state index in [0.717, 1.165) is 16.0 Å². The molecule has 0 bridgehead atoms. The fourth-order valence-electron chi connectivity index (χ4n) is 4.33. The summed E-state index contributed by atoms with van der Waals surface area (Å²) in [4.78, 5) is 38.8. The van der Waals surface area contributed by atoms with E-state index in [2.05, 4.69) is 5.32 Å². The van der Waals surface area contributed by atoms with Gasteiger partial charge in [0.2, 0.25) is 5.91 Å². The Bertz CT molecular complexity index is 1030. The maximum absolute atomic E-state index is 13.8. The van der Waals surface area contributed by atoms with E-state index in [9.17, 15) is 18.8 Å². The van der Waals surface area contributed by atoms with Crippen LogP contribution in [0.15, 0.2) is 42.5 Å². The molecule has 1 fully saturated rings. The SMILES string of the molecule is Cc1ccc2c(c1)C(=O)N(CCC(=O)NCC1(c3cccc(F)c3)CCOCC1)C2=O. The van der Waals surface area contributed by atoms with E-state index >= 15 is 0 Å². The number of fused-ring (bicyclic) bond motifs is 1. The van der Waals surface area contributed by atoms with Crippen molar-refractivity contribution in [2.24, 2.45) is 0 Å². The van der Waals surface area contributed by atoms with Crippen molar-refractivity contribution < 1.29 is 23.5 Å². The summed E-state index contributed by atoms with van der Waals surface area (Å²) in [6.45, 7) is 3.31. The number of ether oxygens (including phenoxy) is 1. The Morgan fingerprint density at radius 3 is 2.58 bits per heavy atom. The summed E-state index contributed by atoms with van der Waals surface area (Å²) in [7, 11) is 0. The number of carbonyl (C=O) groups excluding carboxylic acids is 3. The monoisotopic (exact) mass is 424 g/mol. The quantitative estimate of drug-likeness (QED) is 0.724. The van der Waals surface area contributed by atoms with Crippen LogP contribution in [0.1, 0.15) is 51.1 Å². The lowest BCUT2D eigenvalue weighted by Gasteiger charge is -2.38. The van der Waals surface area contributed by atoms with Crippen LogP contribution in [0.3, 0.4) is 0 Å². The van der Waals surface area contributed by atoms with Gasteiger partial charge in [-0.25, -0.2) is 4.39 Å². The highest BCUT2D eigenvalue weighted by Crippen LogP contribution is 2.34. The summed E-state index contributed by atoms with van der Waals surface area (Å²) in [6.07, 6.45) is 1.36. The van der Waals surface area contributed by atoms with E-state index in [1.54, 1.807) is 24.3 Å². The molecule has 0 saturated carbocycles. The van der Waals surface area contributed by atoms with Gasteiger partial charge in [-0.3, -0.25) is 19.3 Å². The minimum Gasteiger partial charge on any atom is -0.381 e. The molecule has 3 amide bonds. The van der Waals surface area contributed by atoms with Crippen LogP contribution < -0.4 is 5.32 Å². The number of hydrogen-bond donors (Lipinski definition) is 1. The van der Waals surface area contributed by atoms with Gasteiger partial charge in [-0.15, -0.1) is 0 Å². The van der Waals surface area contributed by atoms with Crippen LogP contribution in [0.5, 0.6) is 0 Å². The van der Waals surface area contributed by atoms with Crippen LogP contribution in [0.25, 0.3) is 0 Å². The first-order valence-corrected chi connectivity index (χ1v) is 10.5. The van der Waals surface area contributed by atoms with E-state index < -0.39 is 5.41 Å². The van der Waals surface area contributed by atoms with Gasteiger partial charge in [-0.2, -0.15) is 0 Å². The van der Waals surface area contributed by atoms with Gasteiger partial charge in [0.15, 0.2) is 0 Å². The molecule has 2 aliphatic heterocycles. The number of aryl methyl sites for hydroxylation is 1. The molecule has 31 heavy (non-hydrogen) atoms. The summed E-state index contributed by atoms with van der Waals surface area (Å²) in [5.41, 5.74) is 2.11. The molecule has 0 spiro atoms. The Hall–Kier alpha value is -3.06. The number of rotatable bonds is 6. The smallest absolute Gasteiger partial charge is 0.261 e. The highest BCUT2D eigenvalue weighted by atomic mass is 19.1. The summed E-state index contributed by atoms with van der Waals surface area (Å²) in [5, 5.41) is 2.93. The minimum absolute atomic E-state index is 0.0141. The van der Waals surface area contributed by atoms with Gasteiger partial charge in [-0.05, 0) is 49.6 Å². The van der Waals surface area contributed by atoms with Crippen molar-refractivity contribution in [1.29, 1.82) is 0 Å². The van der Waals surface area contributed by atoms with Crippen molar-refractivity contribution in [3.63, 3.8) is 0 Å². The topological polar surface area (TPSA) is 75.7 Å². The van der Waals surface area contributed by atoms with Gasteiger partial charge in [-0.1, -0.05) is 23.8 Å². The van der Waals surface area contributed by atoms with Crippen molar-refractivity contribution in [2.45, 2.75) is 31.6 Å². The number of imide groups is 1. The Morgan fingerprint density at radius 1 is 1.10 bits per heavy atom. The van der Waals surface area contributed by atoms with Gasteiger partial charge in [0.05, 0.1) is 11.1 Å². The maximum Gasteiger partial charge on any atom is 0.261 e. The highest BCUT2D eigenvalue weighted by Gasteiger charge is 2.37. The van der Waals surface area contributed by atoms with Crippen LogP contribution in [0.4, 0.5) is 4.39 Å². The van der Waals surface area contributed by atoms with E-state index in [-0.39, 0.29) is 36.5 Å². The number of nitrogens with zero attached hydrogens (tertiary/aromatic N) is 1.